The second kappa shape index (κ2) is 5.14. The third-order valence-electron chi connectivity index (χ3n) is 2.60. The van der Waals surface area contributed by atoms with Gasteiger partial charge in [0.05, 0.1) is 0 Å². The van der Waals surface area contributed by atoms with Crippen molar-refractivity contribution in [2.24, 2.45) is 0 Å². The number of hydrogen-bond donors (Lipinski definition) is 2. The summed E-state index contributed by atoms with van der Waals surface area (Å²) in [6.45, 7) is 4.93. The van der Waals surface area contributed by atoms with Gasteiger partial charge in [-0.1, -0.05) is 0 Å². The SMILES string of the molecule is CNc1ncc(C)c(NCc2cscc2C)n1. The van der Waals surface area contributed by atoms with E-state index < -0.39 is 0 Å². The fourth-order valence-corrected chi connectivity index (χ4v) is 2.35. The van der Waals surface area contributed by atoms with Crippen molar-refractivity contribution in [2.45, 2.75) is 20.4 Å². The summed E-state index contributed by atoms with van der Waals surface area (Å²) in [7, 11) is 1.82. The van der Waals surface area contributed by atoms with Crippen LogP contribution in [-0.2, 0) is 6.54 Å². The summed E-state index contributed by atoms with van der Waals surface area (Å²) in [5.74, 6) is 1.52. The highest BCUT2D eigenvalue weighted by Gasteiger charge is 2.04. The van der Waals surface area contributed by atoms with Crippen molar-refractivity contribution in [1.82, 2.24) is 9.97 Å². The molecule has 90 valence electrons. The molecule has 0 amide bonds. The lowest BCUT2D eigenvalue weighted by atomic mass is 10.2. The van der Waals surface area contributed by atoms with Gasteiger partial charge >= 0.3 is 0 Å². The molecule has 0 bridgehead atoms. The number of aromatic nitrogens is 2. The molecule has 4 nitrogen and oxygen atoms in total. The van der Waals surface area contributed by atoms with Gasteiger partial charge in [0.15, 0.2) is 0 Å². The average Bonchev–Trinajstić information content (AvgIpc) is 2.74. The largest absolute Gasteiger partial charge is 0.366 e. The number of rotatable bonds is 4. The monoisotopic (exact) mass is 248 g/mol. The first-order valence-electron chi connectivity index (χ1n) is 5.47. The van der Waals surface area contributed by atoms with Gasteiger partial charge in [0.1, 0.15) is 5.82 Å². The van der Waals surface area contributed by atoms with Gasteiger partial charge < -0.3 is 10.6 Å². The Bertz CT molecular complexity index is 507. The Labute approximate surface area is 105 Å². The number of aryl methyl sites for hydroxylation is 2. The molecule has 2 rings (SSSR count). The van der Waals surface area contributed by atoms with Crippen molar-refractivity contribution < 1.29 is 0 Å². The van der Waals surface area contributed by atoms with Crippen LogP contribution in [0.3, 0.4) is 0 Å². The smallest absolute Gasteiger partial charge is 0.224 e. The molecule has 0 aliphatic carbocycles. The van der Waals surface area contributed by atoms with Crippen molar-refractivity contribution >= 4 is 23.1 Å². The molecule has 0 aliphatic rings. The number of nitrogens with zero attached hydrogens (tertiary/aromatic N) is 2. The van der Waals surface area contributed by atoms with Gasteiger partial charge in [-0.05, 0) is 35.7 Å². The summed E-state index contributed by atoms with van der Waals surface area (Å²) in [6.07, 6.45) is 1.82. The van der Waals surface area contributed by atoms with E-state index in [1.807, 2.05) is 20.2 Å². The third-order valence-corrected chi connectivity index (χ3v) is 3.51. The van der Waals surface area contributed by atoms with Crippen LogP contribution >= 0.6 is 11.3 Å². The third kappa shape index (κ3) is 2.74. The normalized spacial score (nSPS) is 10.3. The van der Waals surface area contributed by atoms with Crippen molar-refractivity contribution in [1.29, 1.82) is 0 Å². The van der Waals surface area contributed by atoms with Crippen molar-refractivity contribution in [3.05, 3.63) is 33.6 Å². The maximum atomic E-state index is 4.39. The minimum atomic E-state index is 0.639. The first kappa shape index (κ1) is 11.9. The maximum Gasteiger partial charge on any atom is 0.224 e. The molecule has 5 heteroatoms. The standard InChI is InChI=1S/C12H16N4S/c1-8-4-15-12(13-3)16-11(8)14-5-10-7-17-6-9(10)2/h4,6-7H,5H2,1-3H3,(H2,13,14,15,16). The van der Waals surface area contributed by atoms with Crippen LogP contribution in [0, 0.1) is 13.8 Å². The lowest BCUT2D eigenvalue weighted by Gasteiger charge is -2.09. The quantitative estimate of drug-likeness (QED) is 0.873. The van der Waals surface area contributed by atoms with Crippen LogP contribution in [0.5, 0.6) is 0 Å². The summed E-state index contributed by atoms with van der Waals surface area (Å²) >= 11 is 1.73. The molecule has 0 aromatic carbocycles. The Balaban J connectivity index is 2.11. The lowest BCUT2D eigenvalue weighted by Crippen LogP contribution is -2.06. The maximum absolute atomic E-state index is 4.39. The second-order valence-electron chi connectivity index (χ2n) is 3.91. The number of anilines is 2. The molecule has 0 unspecified atom stereocenters. The molecule has 2 aromatic rings. The fraction of sp³-hybridized carbons (Fsp3) is 0.333. The van der Waals surface area contributed by atoms with E-state index in [0.717, 1.165) is 17.9 Å². The van der Waals surface area contributed by atoms with E-state index >= 15 is 0 Å². The molecule has 2 heterocycles. The van der Waals surface area contributed by atoms with Gasteiger partial charge in [0.25, 0.3) is 0 Å². The highest BCUT2D eigenvalue weighted by Crippen LogP contribution is 2.17. The van der Waals surface area contributed by atoms with Gasteiger partial charge in [-0.2, -0.15) is 16.3 Å². The Hall–Kier alpha value is -1.62. The van der Waals surface area contributed by atoms with Gasteiger partial charge in [-0.25, -0.2) is 4.98 Å². The fourth-order valence-electron chi connectivity index (χ4n) is 1.49. The minimum Gasteiger partial charge on any atom is -0.366 e. The molecular formula is C12H16N4S. The van der Waals surface area contributed by atoms with Crippen LogP contribution < -0.4 is 10.6 Å². The first-order valence-corrected chi connectivity index (χ1v) is 6.42. The summed E-state index contributed by atoms with van der Waals surface area (Å²) in [5, 5.41) is 10.6. The molecule has 0 fully saturated rings. The molecule has 2 aromatic heterocycles. The predicted molar refractivity (Wildman–Crippen MR) is 72.7 cm³/mol. The Morgan fingerprint density at radius 3 is 2.71 bits per heavy atom. The molecule has 0 spiro atoms. The summed E-state index contributed by atoms with van der Waals surface area (Å²) in [6, 6.07) is 0. The van der Waals surface area contributed by atoms with Crippen LogP contribution in [0.1, 0.15) is 16.7 Å². The Morgan fingerprint density at radius 1 is 1.24 bits per heavy atom. The van der Waals surface area contributed by atoms with Crippen LogP contribution in [0.4, 0.5) is 11.8 Å². The van der Waals surface area contributed by atoms with E-state index in [2.05, 4.69) is 38.3 Å². The highest BCUT2D eigenvalue weighted by molar-refractivity contribution is 7.08. The first-order chi connectivity index (χ1) is 8.20. The highest BCUT2D eigenvalue weighted by atomic mass is 32.1. The summed E-state index contributed by atoms with van der Waals surface area (Å²) in [5.41, 5.74) is 3.69. The number of thiophene rings is 1. The van der Waals surface area contributed by atoms with Crippen molar-refractivity contribution in [3.63, 3.8) is 0 Å². The van der Waals surface area contributed by atoms with Gasteiger partial charge in [-0.15, -0.1) is 0 Å². The number of nitrogens with one attached hydrogen (secondary N) is 2. The molecule has 0 aliphatic heterocycles. The van der Waals surface area contributed by atoms with Crippen LogP contribution in [0.25, 0.3) is 0 Å². The van der Waals surface area contributed by atoms with E-state index in [9.17, 15) is 0 Å². The zero-order valence-electron chi connectivity index (χ0n) is 10.2. The second-order valence-corrected chi connectivity index (χ2v) is 4.65. The Morgan fingerprint density at radius 2 is 2.06 bits per heavy atom. The van der Waals surface area contributed by atoms with Crippen molar-refractivity contribution in [2.75, 3.05) is 17.7 Å². The zero-order chi connectivity index (χ0) is 12.3. The molecule has 2 N–H and O–H groups in total. The minimum absolute atomic E-state index is 0.639. The van der Waals surface area contributed by atoms with Gasteiger partial charge in [0, 0.05) is 25.4 Å². The van der Waals surface area contributed by atoms with E-state index in [1.165, 1.54) is 11.1 Å². The van der Waals surface area contributed by atoms with Crippen LogP contribution in [0.2, 0.25) is 0 Å². The lowest BCUT2D eigenvalue weighted by molar-refractivity contribution is 1.05. The van der Waals surface area contributed by atoms with Crippen molar-refractivity contribution in [3.8, 4) is 0 Å². The van der Waals surface area contributed by atoms with E-state index in [4.69, 9.17) is 0 Å². The zero-order valence-corrected chi connectivity index (χ0v) is 11.1. The molecular weight excluding hydrogens is 232 g/mol. The molecule has 0 radical (unpaired) electrons. The average molecular weight is 248 g/mol. The van der Waals surface area contributed by atoms with E-state index in [1.54, 1.807) is 11.3 Å². The molecule has 0 atom stereocenters. The predicted octanol–water partition coefficient (Wildman–Crippen LogP) is 2.81. The summed E-state index contributed by atoms with van der Waals surface area (Å²) in [4.78, 5) is 8.55. The summed E-state index contributed by atoms with van der Waals surface area (Å²) < 4.78 is 0. The molecule has 0 saturated heterocycles. The topological polar surface area (TPSA) is 49.8 Å². The van der Waals surface area contributed by atoms with Crippen LogP contribution in [-0.4, -0.2) is 17.0 Å². The molecule has 17 heavy (non-hydrogen) atoms. The Kier molecular flexibility index (Phi) is 3.58. The molecule has 0 saturated carbocycles. The van der Waals surface area contributed by atoms with Gasteiger partial charge in [0.2, 0.25) is 5.95 Å². The van der Waals surface area contributed by atoms with Gasteiger partial charge in [-0.3, -0.25) is 0 Å². The van der Waals surface area contributed by atoms with E-state index in [0.29, 0.717) is 5.95 Å². The van der Waals surface area contributed by atoms with Crippen LogP contribution in [0.15, 0.2) is 17.0 Å². The number of hydrogen-bond acceptors (Lipinski definition) is 5. The van der Waals surface area contributed by atoms with E-state index in [-0.39, 0.29) is 0 Å².